The van der Waals surface area contributed by atoms with E-state index >= 15 is 0 Å². The molecule has 0 radical (unpaired) electrons. The van der Waals surface area contributed by atoms with Crippen LogP contribution in [0.25, 0.3) is 0 Å². The van der Waals surface area contributed by atoms with Crippen LogP contribution >= 0.6 is 15.9 Å². The highest BCUT2D eigenvalue weighted by Crippen LogP contribution is 2.19. The van der Waals surface area contributed by atoms with Crippen LogP contribution in [0.15, 0.2) is 40.9 Å². The van der Waals surface area contributed by atoms with E-state index in [1.807, 2.05) is 30.3 Å². The lowest BCUT2D eigenvalue weighted by atomic mass is 10.1. The second-order valence-electron chi connectivity index (χ2n) is 3.57. The van der Waals surface area contributed by atoms with Crippen molar-refractivity contribution in [1.29, 1.82) is 0 Å². The molecule has 0 unspecified atom stereocenters. The van der Waals surface area contributed by atoms with Crippen LogP contribution in [-0.2, 0) is 0 Å². The average molecular weight is 269 g/mol. The molecule has 0 aliphatic heterocycles. The lowest BCUT2D eigenvalue weighted by Crippen LogP contribution is -1.92. The van der Waals surface area contributed by atoms with Gasteiger partial charge in [0, 0.05) is 4.47 Å². The molecule has 82 valence electrons. The minimum atomic E-state index is -0.487. The molecule has 0 saturated heterocycles. The molecule has 0 saturated carbocycles. The van der Waals surface area contributed by atoms with Crippen molar-refractivity contribution < 1.29 is 5.11 Å². The van der Waals surface area contributed by atoms with Gasteiger partial charge < -0.3 is 5.11 Å². The molecule has 0 fully saturated rings. The Morgan fingerprint density at radius 1 is 1.47 bits per heavy atom. The zero-order valence-corrected chi connectivity index (χ0v) is 10.6. The van der Waals surface area contributed by atoms with Crippen molar-refractivity contribution in [3.8, 4) is 0 Å². The van der Waals surface area contributed by atoms with Crippen LogP contribution in [0, 0.1) is 0 Å². The molecule has 15 heavy (non-hydrogen) atoms. The van der Waals surface area contributed by atoms with E-state index in [0.29, 0.717) is 0 Å². The van der Waals surface area contributed by atoms with Gasteiger partial charge in [-0.1, -0.05) is 60.0 Å². The van der Waals surface area contributed by atoms with E-state index in [2.05, 4.69) is 28.9 Å². The van der Waals surface area contributed by atoms with Gasteiger partial charge in [0.2, 0.25) is 0 Å². The second kappa shape index (κ2) is 6.81. The summed E-state index contributed by atoms with van der Waals surface area (Å²) in [6, 6.07) is 7.76. The molecular weight excluding hydrogens is 252 g/mol. The summed E-state index contributed by atoms with van der Waals surface area (Å²) in [5.74, 6) is 0. The van der Waals surface area contributed by atoms with E-state index < -0.39 is 6.10 Å². The Labute approximate surface area is 100.0 Å². The lowest BCUT2D eigenvalue weighted by Gasteiger charge is -2.05. The van der Waals surface area contributed by atoms with Crippen molar-refractivity contribution in [2.75, 3.05) is 0 Å². The van der Waals surface area contributed by atoms with Crippen molar-refractivity contribution in [1.82, 2.24) is 0 Å². The van der Waals surface area contributed by atoms with E-state index in [-0.39, 0.29) is 0 Å². The smallest absolute Gasteiger partial charge is 0.0972 e. The lowest BCUT2D eigenvalue weighted by molar-refractivity contribution is 0.228. The fraction of sp³-hybridized carbons (Fsp3) is 0.385. The zero-order chi connectivity index (χ0) is 11.1. The number of aliphatic hydroxyl groups excluding tert-OH is 1. The normalized spacial score (nSPS) is 13.3. The van der Waals surface area contributed by atoms with Crippen LogP contribution in [0.2, 0.25) is 0 Å². The van der Waals surface area contributed by atoms with E-state index in [0.717, 1.165) is 16.5 Å². The Morgan fingerprint density at radius 2 is 2.27 bits per heavy atom. The average Bonchev–Trinajstić information content (AvgIpc) is 2.24. The number of benzene rings is 1. The number of hydrogen-bond donors (Lipinski definition) is 1. The highest BCUT2D eigenvalue weighted by molar-refractivity contribution is 9.10. The molecule has 0 aliphatic carbocycles. The summed E-state index contributed by atoms with van der Waals surface area (Å²) in [4.78, 5) is 0. The molecule has 1 atom stereocenters. The van der Waals surface area contributed by atoms with Crippen molar-refractivity contribution >= 4 is 15.9 Å². The molecule has 0 aliphatic rings. The zero-order valence-electron chi connectivity index (χ0n) is 8.99. The summed E-state index contributed by atoms with van der Waals surface area (Å²) in [7, 11) is 0. The minimum absolute atomic E-state index is 0.487. The highest BCUT2D eigenvalue weighted by Gasteiger charge is 2.02. The van der Waals surface area contributed by atoms with Crippen LogP contribution in [0.3, 0.4) is 0 Å². The fourth-order valence-corrected chi connectivity index (χ4v) is 1.77. The van der Waals surface area contributed by atoms with Gasteiger partial charge in [-0.2, -0.15) is 0 Å². The second-order valence-corrected chi connectivity index (χ2v) is 4.49. The number of hydrogen-bond acceptors (Lipinski definition) is 1. The van der Waals surface area contributed by atoms with Gasteiger partial charge in [-0.15, -0.1) is 0 Å². The third kappa shape index (κ3) is 4.63. The van der Waals surface area contributed by atoms with Gasteiger partial charge in [0.25, 0.3) is 0 Å². The van der Waals surface area contributed by atoms with Gasteiger partial charge in [0.1, 0.15) is 0 Å². The fourth-order valence-electron chi connectivity index (χ4n) is 1.35. The quantitative estimate of drug-likeness (QED) is 0.626. The summed E-state index contributed by atoms with van der Waals surface area (Å²) in [6.45, 7) is 2.17. The highest BCUT2D eigenvalue weighted by atomic mass is 79.9. The van der Waals surface area contributed by atoms with Gasteiger partial charge in [-0.3, -0.25) is 0 Å². The van der Waals surface area contributed by atoms with Gasteiger partial charge >= 0.3 is 0 Å². The van der Waals surface area contributed by atoms with Crippen molar-refractivity contribution in [3.63, 3.8) is 0 Å². The van der Waals surface area contributed by atoms with Crippen LogP contribution in [0.4, 0.5) is 0 Å². The van der Waals surface area contributed by atoms with E-state index in [1.54, 1.807) is 0 Å². The molecule has 0 amide bonds. The minimum Gasteiger partial charge on any atom is -0.384 e. The summed E-state index contributed by atoms with van der Waals surface area (Å²) < 4.78 is 1.00. The molecule has 1 N–H and O–H groups in total. The Hall–Kier alpha value is -0.600. The Kier molecular flexibility index (Phi) is 5.66. The summed E-state index contributed by atoms with van der Waals surface area (Å²) in [5, 5.41) is 9.84. The first-order valence-corrected chi connectivity index (χ1v) is 6.13. The predicted molar refractivity (Wildman–Crippen MR) is 67.8 cm³/mol. The SMILES string of the molecule is CCCC/C=C/[C@@H](O)c1cccc(Br)c1. The van der Waals surface area contributed by atoms with E-state index in [4.69, 9.17) is 0 Å². The van der Waals surface area contributed by atoms with E-state index in [1.165, 1.54) is 12.8 Å². The van der Waals surface area contributed by atoms with Crippen LogP contribution < -0.4 is 0 Å². The largest absolute Gasteiger partial charge is 0.384 e. The van der Waals surface area contributed by atoms with Crippen LogP contribution in [0.5, 0.6) is 0 Å². The first-order chi connectivity index (χ1) is 7.24. The number of rotatable bonds is 5. The molecule has 0 spiro atoms. The topological polar surface area (TPSA) is 20.2 Å². The molecular formula is C13H17BrO. The first kappa shape index (κ1) is 12.5. The monoisotopic (exact) mass is 268 g/mol. The molecule has 0 bridgehead atoms. The molecule has 1 aromatic rings. The summed E-state index contributed by atoms with van der Waals surface area (Å²) in [6.07, 6.45) is 6.84. The Morgan fingerprint density at radius 3 is 2.93 bits per heavy atom. The third-order valence-electron chi connectivity index (χ3n) is 2.23. The number of allylic oxidation sites excluding steroid dienone is 1. The predicted octanol–water partition coefficient (Wildman–Crippen LogP) is 4.23. The maximum atomic E-state index is 9.84. The van der Waals surface area contributed by atoms with Crippen molar-refractivity contribution in [2.24, 2.45) is 0 Å². The maximum absolute atomic E-state index is 9.84. The summed E-state index contributed by atoms with van der Waals surface area (Å²) >= 11 is 3.39. The first-order valence-electron chi connectivity index (χ1n) is 5.34. The Bertz CT molecular complexity index is 320. The van der Waals surface area contributed by atoms with Crippen molar-refractivity contribution in [3.05, 3.63) is 46.5 Å². The number of unbranched alkanes of at least 4 members (excludes halogenated alkanes) is 2. The standard InChI is InChI=1S/C13H17BrO/c1-2-3-4-5-9-13(15)11-7-6-8-12(14)10-11/h5-10,13,15H,2-4H2,1H3/b9-5+/t13-/m1/s1. The molecule has 0 heterocycles. The molecule has 2 heteroatoms. The van der Waals surface area contributed by atoms with Crippen LogP contribution in [0.1, 0.15) is 37.9 Å². The van der Waals surface area contributed by atoms with Gasteiger partial charge in [-0.05, 0) is 24.1 Å². The van der Waals surface area contributed by atoms with Gasteiger partial charge in [-0.25, -0.2) is 0 Å². The number of aliphatic hydroxyl groups is 1. The molecule has 1 aromatic carbocycles. The Balaban J connectivity index is 2.53. The third-order valence-corrected chi connectivity index (χ3v) is 2.73. The molecule has 1 rings (SSSR count). The molecule has 1 nitrogen and oxygen atoms in total. The summed E-state index contributed by atoms with van der Waals surface area (Å²) in [5.41, 5.74) is 0.928. The van der Waals surface area contributed by atoms with Crippen molar-refractivity contribution in [2.45, 2.75) is 32.3 Å². The van der Waals surface area contributed by atoms with Gasteiger partial charge in [0.15, 0.2) is 0 Å². The number of halogens is 1. The molecule has 0 aromatic heterocycles. The van der Waals surface area contributed by atoms with Gasteiger partial charge in [0.05, 0.1) is 6.10 Å². The van der Waals surface area contributed by atoms with Crippen LogP contribution in [-0.4, -0.2) is 5.11 Å². The van der Waals surface area contributed by atoms with E-state index in [9.17, 15) is 5.11 Å². The maximum Gasteiger partial charge on any atom is 0.0972 e.